The van der Waals surface area contributed by atoms with Crippen LogP contribution in [0.5, 0.6) is 5.75 Å². The molecule has 0 radical (unpaired) electrons. The molecule has 23 heavy (non-hydrogen) atoms. The number of hydrogen-bond donors (Lipinski definition) is 3. The number of hydrogen-bond acceptors (Lipinski definition) is 3. The zero-order valence-corrected chi connectivity index (χ0v) is 13.9. The van der Waals surface area contributed by atoms with Gasteiger partial charge in [-0.05, 0) is 55.2 Å². The van der Waals surface area contributed by atoms with Gasteiger partial charge in [0.2, 0.25) is 0 Å². The molecule has 1 saturated carbocycles. The van der Waals surface area contributed by atoms with Gasteiger partial charge in [-0.15, -0.1) is 0 Å². The van der Waals surface area contributed by atoms with Crippen molar-refractivity contribution in [1.29, 1.82) is 0 Å². The van der Waals surface area contributed by atoms with Gasteiger partial charge in [-0.25, -0.2) is 4.39 Å². The van der Waals surface area contributed by atoms with Crippen molar-refractivity contribution in [2.75, 3.05) is 6.61 Å². The molecule has 1 fully saturated rings. The Labute approximate surface area is 140 Å². The van der Waals surface area contributed by atoms with Crippen molar-refractivity contribution in [2.24, 2.45) is 5.92 Å². The van der Waals surface area contributed by atoms with Crippen LogP contribution in [0.4, 0.5) is 4.39 Å². The summed E-state index contributed by atoms with van der Waals surface area (Å²) in [7, 11) is 0. The van der Waals surface area contributed by atoms with E-state index in [0.29, 0.717) is 22.8 Å². The number of rotatable bonds is 4. The Bertz CT molecular complexity index is 539. The molecule has 0 saturated heterocycles. The van der Waals surface area contributed by atoms with Crippen molar-refractivity contribution in [2.45, 2.75) is 38.6 Å². The Hall–Kier alpha value is -1.89. The Morgan fingerprint density at radius 3 is 2.65 bits per heavy atom. The lowest BCUT2D eigenvalue weighted by Gasteiger charge is -2.30. The second kappa shape index (κ2) is 8.67. The minimum Gasteiger partial charge on any atom is -0.484 e. The second-order valence-electron chi connectivity index (χ2n) is 5.76. The monoisotopic (exact) mass is 339 g/mol. The highest BCUT2D eigenvalue weighted by molar-refractivity contribution is 7.80. The second-order valence-corrected chi connectivity index (χ2v) is 6.17. The smallest absolute Gasteiger partial charge is 0.276 e. The molecule has 126 valence electrons. The fourth-order valence-corrected chi connectivity index (χ4v) is 2.78. The Balaban J connectivity index is 1.65. The summed E-state index contributed by atoms with van der Waals surface area (Å²) in [4.78, 5) is 11.7. The van der Waals surface area contributed by atoms with E-state index >= 15 is 0 Å². The fraction of sp³-hybridized carbons (Fsp3) is 0.500. The SMILES string of the molecule is C[C@@H]1CCCC[C@H]1NC(=S)NNC(=O)COc1ccc(F)cc1. The predicted molar refractivity (Wildman–Crippen MR) is 90.3 cm³/mol. The fourth-order valence-electron chi connectivity index (χ4n) is 2.58. The predicted octanol–water partition coefficient (Wildman–Crippen LogP) is 2.28. The largest absolute Gasteiger partial charge is 0.484 e. The highest BCUT2D eigenvalue weighted by Crippen LogP contribution is 2.23. The highest BCUT2D eigenvalue weighted by Gasteiger charge is 2.21. The quantitative estimate of drug-likeness (QED) is 0.580. The van der Waals surface area contributed by atoms with Crippen molar-refractivity contribution in [3.63, 3.8) is 0 Å². The van der Waals surface area contributed by atoms with E-state index < -0.39 is 0 Å². The maximum absolute atomic E-state index is 12.7. The zero-order valence-electron chi connectivity index (χ0n) is 13.1. The molecule has 1 aliphatic carbocycles. The number of ether oxygens (including phenoxy) is 1. The van der Waals surface area contributed by atoms with Crippen LogP contribution in [0.15, 0.2) is 24.3 Å². The number of benzene rings is 1. The maximum Gasteiger partial charge on any atom is 0.276 e. The van der Waals surface area contributed by atoms with Gasteiger partial charge in [-0.3, -0.25) is 15.6 Å². The van der Waals surface area contributed by atoms with Gasteiger partial charge in [-0.1, -0.05) is 19.8 Å². The molecule has 5 nitrogen and oxygen atoms in total. The van der Waals surface area contributed by atoms with Crippen LogP contribution in [0.1, 0.15) is 32.6 Å². The summed E-state index contributed by atoms with van der Waals surface area (Å²) in [5.74, 6) is 0.284. The molecule has 0 bridgehead atoms. The topological polar surface area (TPSA) is 62.4 Å². The third-order valence-electron chi connectivity index (χ3n) is 3.93. The number of nitrogens with one attached hydrogen (secondary N) is 3. The number of carbonyl (C=O) groups excluding carboxylic acids is 1. The molecule has 2 rings (SSSR count). The molecule has 0 unspecified atom stereocenters. The van der Waals surface area contributed by atoms with Crippen LogP contribution >= 0.6 is 12.2 Å². The van der Waals surface area contributed by atoms with Crippen molar-refractivity contribution in [3.05, 3.63) is 30.1 Å². The first-order valence-electron chi connectivity index (χ1n) is 7.78. The zero-order chi connectivity index (χ0) is 16.7. The van der Waals surface area contributed by atoms with Crippen molar-refractivity contribution in [1.82, 2.24) is 16.2 Å². The molecule has 2 atom stereocenters. The third kappa shape index (κ3) is 6.02. The summed E-state index contributed by atoms with van der Waals surface area (Å²) in [6.07, 6.45) is 4.74. The van der Waals surface area contributed by atoms with Crippen molar-refractivity contribution < 1.29 is 13.9 Å². The molecule has 0 heterocycles. The van der Waals surface area contributed by atoms with E-state index in [1.807, 2.05) is 0 Å². The van der Waals surface area contributed by atoms with Crippen LogP contribution in [0, 0.1) is 11.7 Å². The van der Waals surface area contributed by atoms with Gasteiger partial charge in [0.25, 0.3) is 5.91 Å². The van der Waals surface area contributed by atoms with Gasteiger partial charge in [0.15, 0.2) is 11.7 Å². The van der Waals surface area contributed by atoms with Gasteiger partial charge >= 0.3 is 0 Å². The molecule has 1 aromatic rings. The maximum atomic E-state index is 12.7. The Kier molecular flexibility index (Phi) is 6.58. The molecular weight excluding hydrogens is 317 g/mol. The van der Waals surface area contributed by atoms with Crippen LogP contribution in [-0.2, 0) is 4.79 Å². The average Bonchev–Trinajstić information content (AvgIpc) is 2.54. The van der Waals surface area contributed by atoms with Crippen LogP contribution in [0.25, 0.3) is 0 Å². The van der Waals surface area contributed by atoms with E-state index in [9.17, 15) is 9.18 Å². The van der Waals surface area contributed by atoms with E-state index in [4.69, 9.17) is 17.0 Å². The van der Waals surface area contributed by atoms with Crippen molar-refractivity contribution in [3.8, 4) is 5.75 Å². The van der Waals surface area contributed by atoms with Crippen molar-refractivity contribution >= 4 is 23.2 Å². The van der Waals surface area contributed by atoms with Gasteiger partial charge in [0.05, 0.1) is 0 Å². The lowest BCUT2D eigenvalue weighted by Crippen LogP contribution is -2.52. The van der Waals surface area contributed by atoms with E-state index in [0.717, 1.165) is 6.42 Å². The standard InChI is InChI=1S/C16H22FN3O2S/c1-11-4-2-3-5-14(11)18-16(23)20-19-15(21)10-22-13-8-6-12(17)7-9-13/h6-9,11,14H,2-5,10H2,1H3,(H,19,21)(H2,18,20,23)/t11-,14-/m1/s1. The lowest BCUT2D eigenvalue weighted by molar-refractivity contribution is -0.123. The molecular formula is C16H22FN3O2S. The minimum atomic E-state index is -0.366. The van der Waals surface area contributed by atoms with Crippen LogP contribution < -0.4 is 20.9 Å². The molecule has 0 spiro atoms. The summed E-state index contributed by atoms with van der Waals surface area (Å²) in [5, 5.41) is 3.63. The normalized spacial score (nSPS) is 20.4. The molecule has 0 aromatic heterocycles. The number of carbonyl (C=O) groups is 1. The summed E-state index contributed by atoms with van der Waals surface area (Å²) in [6, 6.07) is 5.82. The summed E-state index contributed by atoms with van der Waals surface area (Å²) in [6.45, 7) is 2.02. The number of hydrazine groups is 1. The molecule has 1 aromatic carbocycles. The first-order chi connectivity index (χ1) is 11.0. The molecule has 0 aliphatic heterocycles. The number of amides is 1. The average molecular weight is 339 g/mol. The lowest BCUT2D eigenvalue weighted by atomic mass is 9.86. The van der Waals surface area contributed by atoms with E-state index in [2.05, 4.69) is 23.1 Å². The van der Waals surface area contributed by atoms with Crippen LogP contribution in [-0.4, -0.2) is 23.7 Å². The van der Waals surface area contributed by atoms with Gasteiger partial charge in [0.1, 0.15) is 11.6 Å². The number of halogens is 1. The number of thiocarbonyl (C=S) groups is 1. The highest BCUT2D eigenvalue weighted by atomic mass is 32.1. The minimum absolute atomic E-state index is 0.179. The Morgan fingerprint density at radius 2 is 1.96 bits per heavy atom. The first kappa shape index (κ1) is 17.5. The molecule has 1 amide bonds. The summed E-state index contributed by atoms with van der Waals surface area (Å²) in [5.41, 5.74) is 5.15. The van der Waals surface area contributed by atoms with E-state index in [-0.39, 0.29) is 18.3 Å². The van der Waals surface area contributed by atoms with E-state index in [1.165, 1.54) is 43.5 Å². The summed E-state index contributed by atoms with van der Waals surface area (Å²) < 4.78 is 18.0. The van der Waals surface area contributed by atoms with E-state index in [1.54, 1.807) is 0 Å². The Morgan fingerprint density at radius 1 is 1.26 bits per heavy atom. The van der Waals surface area contributed by atoms with Crippen LogP contribution in [0.2, 0.25) is 0 Å². The van der Waals surface area contributed by atoms with Gasteiger partial charge in [-0.2, -0.15) is 0 Å². The third-order valence-corrected chi connectivity index (χ3v) is 4.15. The van der Waals surface area contributed by atoms with Gasteiger partial charge < -0.3 is 10.1 Å². The van der Waals surface area contributed by atoms with Crippen LogP contribution in [0.3, 0.4) is 0 Å². The molecule has 7 heteroatoms. The molecule has 3 N–H and O–H groups in total. The molecule has 1 aliphatic rings. The summed E-state index contributed by atoms with van der Waals surface area (Å²) >= 11 is 5.18. The van der Waals surface area contributed by atoms with Gasteiger partial charge in [0, 0.05) is 6.04 Å². The first-order valence-corrected chi connectivity index (χ1v) is 8.19.